The van der Waals surface area contributed by atoms with Gasteiger partial charge in [-0.3, -0.25) is 0 Å². The summed E-state index contributed by atoms with van der Waals surface area (Å²) in [6, 6.07) is 11.8. The summed E-state index contributed by atoms with van der Waals surface area (Å²) < 4.78 is 7.02. The number of rotatable bonds is 9. The minimum atomic E-state index is -1.95. The van der Waals surface area contributed by atoms with E-state index in [9.17, 15) is 0 Å². The fourth-order valence-corrected chi connectivity index (χ4v) is 13.6. The van der Waals surface area contributed by atoms with Crippen LogP contribution in [0.1, 0.15) is 98.1 Å². The molecule has 35 heavy (non-hydrogen) atoms. The molecule has 0 amide bonds. The van der Waals surface area contributed by atoms with Crippen molar-refractivity contribution in [3.8, 4) is 5.75 Å². The number of hydrogen-bond donors (Lipinski definition) is 0. The van der Waals surface area contributed by atoms with Gasteiger partial charge >= 0.3 is 0 Å². The maximum Gasteiger partial charge on any atom is 0.258 e. The van der Waals surface area contributed by atoms with Crippen molar-refractivity contribution in [2.45, 2.75) is 110 Å². The third-order valence-electron chi connectivity index (χ3n) is 9.71. The first kappa shape index (κ1) is 27.0. The van der Waals surface area contributed by atoms with E-state index in [1.54, 1.807) is 16.7 Å². The molecule has 2 aromatic carbocycles. The Kier molecular flexibility index (Phi) is 7.99. The van der Waals surface area contributed by atoms with Gasteiger partial charge in [0, 0.05) is 5.33 Å². The minimum Gasteiger partial charge on any atom is -0.543 e. The van der Waals surface area contributed by atoms with Crippen molar-refractivity contribution < 1.29 is 4.43 Å². The van der Waals surface area contributed by atoms with Crippen LogP contribution in [0, 0.1) is 11.3 Å². The molecule has 3 heteroatoms. The zero-order valence-electron chi connectivity index (χ0n) is 23.4. The monoisotopic (exact) mass is 554 g/mol. The highest BCUT2D eigenvalue weighted by molar-refractivity contribution is 9.09. The van der Waals surface area contributed by atoms with Crippen LogP contribution >= 0.6 is 15.9 Å². The Balaban J connectivity index is 1.66. The van der Waals surface area contributed by atoms with E-state index in [4.69, 9.17) is 4.43 Å². The summed E-state index contributed by atoms with van der Waals surface area (Å²) in [5, 5.41) is 3.91. The first-order valence-electron chi connectivity index (χ1n) is 14.1. The van der Waals surface area contributed by atoms with Gasteiger partial charge in [-0.05, 0) is 100 Å². The number of halogens is 1. The van der Waals surface area contributed by atoms with Crippen molar-refractivity contribution >= 4 is 35.0 Å². The quantitative estimate of drug-likeness (QED) is 0.170. The third kappa shape index (κ3) is 4.58. The van der Waals surface area contributed by atoms with E-state index in [1.807, 2.05) is 0 Å². The molecule has 0 N–H and O–H groups in total. The minimum absolute atomic E-state index is 0.326. The zero-order chi connectivity index (χ0) is 25.5. The Morgan fingerprint density at radius 3 is 2.31 bits per heavy atom. The first-order chi connectivity index (χ1) is 16.6. The molecule has 0 bridgehead atoms. The van der Waals surface area contributed by atoms with Gasteiger partial charge in [0.05, 0.1) is 0 Å². The molecular formula is C32H47BrOSi. The van der Waals surface area contributed by atoms with Gasteiger partial charge in [-0.1, -0.05) is 101 Å². The van der Waals surface area contributed by atoms with Crippen LogP contribution in [0.5, 0.6) is 5.75 Å². The first-order valence-corrected chi connectivity index (χ1v) is 17.3. The van der Waals surface area contributed by atoms with Gasteiger partial charge in [0.1, 0.15) is 5.75 Å². The van der Waals surface area contributed by atoms with E-state index in [0.29, 0.717) is 33.9 Å². The van der Waals surface area contributed by atoms with E-state index in [0.717, 1.165) is 11.1 Å². The van der Waals surface area contributed by atoms with Crippen molar-refractivity contribution in [1.29, 1.82) is 0 Å². The van der Waals surface area contributed by atoms with Crippen molar-refractivity contribution in [3.05, 3.63) is 53.1 Å². The Labute approximate surface area is 224 Å². The number of fused-ring (bicyclic) bond motifs is 5. The molecule has 0 aliphatic heterocycles. The van der Waals surface area contributed by atoms with Crippen LogP contribution in [-0.2, 0) is 6.42 Å². The number of alkyl halides is 1. The summed E-state index contributed by atoms with van der Waals surface area (Å²) in [5.74, 6) is 2.40. The molecular weight excluding hydrogens is 508 g/mol. The topological polar surface area (TPSA) is 9.23 Å². The summed E-state index contributed by atoms with van der Waals surface area (Å²) in [6.07, 6.45) is 8.82. The molecule has 0 unspecified atom stereocenters. The molecule has 0 radical (unpaired) electrons. The lowest BCUT2D eigenvalue weighted by atomic mass is 9.61. The Morgan fingerprint density at radius 2 is 1.69 bits per heavy atom. The normalized spacial score (nSPS) is 23.1. The summed E-state index contributed by atoms with van der Waals surface area (Å²) in [4.78, 5) is 0. The molecule has 2 aromatic rings. The largest absolute Gasteiger partial charge is 0.543 e. The lowest BCUT2D eigenvalue weighted by Crippen LogP contribution is -2.50. The van der Waals surface area contributed by atoms with Crippen LogP contribution in [0.3, 0.4) is 0 Å². The molecule has 2 aliphatic carbocycles. The van der Waals surface area contributed by atoms with Crippen LogP contribution < -0.4 is 4.43 Å². The fraction of sp³-hybridized carbons (Fsp3) is 0.625. The summed E-state index contributed by atoms with van der Waals surface area (Å²) >= 11 is 3.63. The fourth-order valence-electron chi connectivity index (χ4n) is 8.03. The Hall–Kier alpha value is -1.06. The van der Waals surface area contributed by atoms with Crippen LogP contribution in [0.15, 0.2) is 42.0 Å². The van der Waals surface area contributed by atoms with E-state index >= 15 is 0 Å². The molecule has 4 rings (SSSR count). The maximum absolute atomic E-state index is 7.02. The van der Waals surface area contributed by atoms with Crippen molar-refractivity contribution in [2.24, 2.45) is 11.3 Å². The summed E-state index contributed by atoms with van der Waals surface area (Å²) in [5.41, 5.74) is 7.01. The van der Waals surface area contributed by atoms with E-state index < -0.39 is 8.32 Å². The van der Waals surface area contributed by atoms with Crippen LogP contribution in [0.2, 0.25) is 16.6 Å². The third-order valence-corrected chi connectivity index (χ3v) is 16.3. The molecule has 3 atom stereocenters. The van der Waals surface area contributed by atoms with E-state index in [1.165, 1.54) is 42.9 Å². The lowest BCUT2D eigenvalue weighted by Gasteiger charge is -2.43. The second-order valence-electron chi connectivity index (χ2n) is 12.5. The second kappa shape index (κ2) is 10.4. The molecule has 0 fully saturated rings. The molecule has 192 valence electrons. The predicted octanol–water partition coefficient (Wildman–Crippen LogP) is 10.6. The molecule has 1 nitrogen and oxygen atoms in total. The van der Waals surface area contributed by atoms with E-state index in [-0.39, 0.29) is 0 Å². The predicted molar refractivity (Wildman–Crippen MR) is 160 cm³/mol. The summed E-state index contributed by atoms with van der Waals surface area (Å²) in [6.45, 7) is 19.2. The molecule has 0 spiro atoms. The van der Waals surface area contributed by atoms with Gasteiger partial charge in [0.2, 0.25) is 0 Å². The summed E-state index contributed by atoms with van der Waals surface area (Å²) in [7, 11) is -1.95. The highest BCUT2D eigenvalue weighted by Crippen LogP contribution is 2.59. The second-order valence-corrected chi connectivity index (χ2v) is 18.7. The maximum atomic E-state index is 7.02. The van der Waals surface area contributed by atoms with Gasteiger partial charge < -0.3 is 4.43 Å². The highest BCUT2D eigenvalue weighted by atomic mass is 79.9. The van der Waals surface area contributed by atoms with Gasteiger partial charge in [-0.25, -0.2) is 0 Å². The van der Waals surface area contributed by atoms with Crippen LogP contribution in [-0.4, -0.2) is 13.6 Å². The van der Waals surface area contributed by atoms with Crippen molar-refractivity contribution in [3.63, 3.8) is 0 Å². The van der Waals surface area contributed by atoms with Gasteiger partial charge in [0.25, 0.3) is 8.32 Å². The van der Waals surface area contributed by atoms with Crippen molar-refractivity contribution in [2.75, 3.05) is 5.33 Å². The lowest BCUT2D eigenvalue weighted by molar-refractivity contribution is 0.268. The standard InChI is InChI=1S/C32H47BrOSi/c1-21(2)35(22(3)4,23(5)6)34-26-12-14-27-25(20-26)11-13-29-28(27)17-18-32(8)30(15-16-31(29)32)24(7)10-9-19-33/h11-15,20-24,31H,9-10,16-19H2,1-8H3/t24-,31+,32-/m1/s1. The molecule has 0 aromatic heterocycles. The van der Waals surface area contributed by atoms with Crippen LogP contribution in [0.4, 0.5) is 0 Å². The number of allylic oxidation sites excluding steroid dienone is 2. The zero-order valence-corrected chi connectivity index (χ0v) is 26.0. The molecule has 0 saturated heterocycles. The SMILES string of the molecule is CC(C)[Si](Oc1ccc2c3c(ccc2c1)[C@@H]1CC=C([C@H](C)CCCBr)[C@@]1(C)CC3)(C(C)C)C(C)C. The van der Waals surface area contributed by atoms with Gasteiger partial charge in [-0.15, -0.1) is 0 Å². The molecule has 2 aliphatic rings. The molecule has 0 saturated carbocycles. The highest BCUT2D eigenvalue weighted by Gasteiger charge is 2.48. The Bertz CT molecular complexity index is 1060. The van der Waals surface area contributed by atoms with Gasteiger partial charge in [0.15, 0.2) is 0 Å². The molecule has 0 heterocycles. The number of aryl methyl sites for hydroxylation is 1. The average Bonchev–Trinajstić information content (AvgIpc) is 3.17. The Morgan fingerprint density at radius 1 is 1.00 bits per heavy atom. The average molecular weight is 556 g/mol. The number of benzene rings is 2. The van der Waals surface area contributed by atoms with E-state index in [2.05, 4.69) is 108 Å². The van der Waals surface area contributed by atoms with Crippen molar-refractivity contribution in [1.82, 2.24) is 0 Å². The van der Waals surface area contributed by atoms with Gasteiger partial charge in [-0.2, -0.15) is 0 Å². The smallest absolute Gasteiger partial charge is 0.258 e. The number of hydrogen-bond acceptors (Lipinski definition) is 1. The van der Waals surface area contributed by atoms with Crippen LogP contribution in [0.25, 0.3) is 10.8 Å².